The molecule has 1 saturated heterocycles. The summed E-state index contributed by atoms with van der Waals surface area (Å²) in [5.74, 6) is -5.37. The van der Waals surface area contributed by atoms with Crippen LogP contribution in [0, 0.1) is 11.6 Å². The van der Waals surface area contributed by atoms with Crippen LogP contribution in [0.15, 0.2) is 78.9 Å². The summed E-state index contributed by atoms with van der Waals surface area (Å²) in [5.41, 5.74) is 7.25. The highest BCUT2D eigenvalue weighted by Crippen LogP contribution is 2.39. The van der Waals surface area contributed by atoms with Crippen molar-refractivity contribution in [2.24, 2.45) is 5.73 Å². The standard InChI is InChI=1S/C30H31F2N3O4/c1-18(33)28(37)35(30(39)27(36)21-13-23(31)16-24(32)14-21)26-25(20-11-7-4-8-12-20)15-22(17-34(2)29(26)38)19-9-5-3-6-10-19/h3-14,16,18,22,25-27,36H,15,17,33H2,1-2H3/t18-,22-,25+,26-,27-/m0/s1. The molecule has 0 bridgehead atoms. The summed E-state index contributed by atoms with van der Waals surface area (Å²) in [4.78, 5) is 43.4. The quantitative estimate of drug-likeness (QED) is 0.503. The number of rotatable bonds is 6. The molecular weight excluding hydrogens is 504 g/mol. The Balaban J connectivity index is 1.85. The summed E-state index contributed by atoms with van der Waals surface area (Å²) >= 11 is 0. The first-order valence-electron chi connectivity index (χ1n) is 12.7. The van der Waals surface area contributed by atoms with Gasteiger partial charge in [0.05, 0.1) is 6.04 Å². The summed E-state index contributed by atoms with van der Waals surface area (Å²) in [6.07, 6.45) is -1.71. The molecule has 4 rings (SSSR count). The van der Waals surface area contributed by atoms with Crippen molar-refractivity contribution in [2.75, 3.05) is 13.6 Å². The fourth-order valence-corrected chi connectivity index (χ4v) is 5.21. The first-order chi connectivity index (χ1) is 18.6. The molecule has 9 heteroatoms. The third kappa shape index (κ3) is 6.05. The smallest absolute Gasteiger partial charge is 0.263 e. The van der Waals surface area contributed by atoms with E-state index >= 15 is 0 Å². The summed E-state index contributed by atoms with van der Waals surface area (Å²) in [6, 6.07) is 18.3. The average molecular weight is 536 g/mol. The Bertz CT molecular complexity index is 1320. The van der Waals surface area contributed by atoms with Crippen LogP contribution in [0.3, 0.4) is 0 Å². The number of nitrogens with zero attached hydrogens (tertiary/aromatic N) is 2. The van der Waals surface area contributed by atoms with Gasteiger partial charge in [-0.1, -0.05) is 60.7 Å². The van der Waals surface area contributed by atoms with Gasteiger partial charge in [0.25, 0.3) is 5.91 Å². The predicted octanol–water partition coefficient (Wildman–Crippen LogP) is 3.50. The number of hydrogen-bond acceptors (Lipinski definition) is 5. The number of benzene rings is 3. The summed E-state index contributed by atoms with van der Waals surface area (Å²) in [6.45, 7) is 1.70. The van der Waals surface area contributed by atoms with Gasteiger partial charge in [-0.25, -0.2) is 8.78 Å². The summed E-state index contributed by atoms with van der Waals surface area (Å²) < 4.78 is 27.9. The topological polar surface area (TPSA) is 104 Å². The molecule has 3 N–H and O–H groups in total. The molecule has 0 unspecified atom stereocenters. The largest absolute Gasteiger partial charge is 0.378 e. The third-order valence-electron chi connectivity index (χ3n) is 7.12. The molecule has 3 aromatic rings. The number of carbonyl (C=O) groups excluding carboxylic acids is 3. The van der Waals surface area contributed by atoms with Crippen LogP contribution in [-0.2, 0) is 14.4 Å². The molecule has 204 valence electrons. The number of amides is 3. The maximum Gasteiger partial charge on any atom is 0.263 e. The number of halogens is 2. The van der Waals surface area contributed by atoms with Crippen molar-refractivity contribution in [2.45, 2.75) is 43.4 Å². The second-order valence-electron chi connectivity index (χ2n) is 9.96. The van der Waals surface area contributed by atoms with E-state index in [1.54, 1.807) is 19.2 Å². The monoisotopic (exact) mass is 535 g/mol. The van der Waals surface area contributed by atoms with Crippen molar-refractivity contribution < 1.29 is 28.3 Å². The highest BCUT2D eigenvalue weighted by molar-refractivity contribution is 6.04. The van der Waals surface area contributed by atoms with Gasteiger partial charge < -0.3 is 15.7 Å². The van der Waals surface area contributed by atoms with Gasteiger partial charge in [-0.3, -0.25) is 19.3 Å². The van der Waals surface area contributed by atoms with E-state index in [2.05, 4.69) is 0 Å². The summed E-state index contributed by atoms with van der Waals surface area (Å²) in [5, 5.41) is 10.9. The van der Waals surface area contributed by atoms with E-state index in [1.165, 1.54) is 11.8 Å². The van der Waals surface area contributed by atoms with Crippen molar-refractivity contribution in [3.63, 3.8) is 0 Å². The van der Waals surface area contributed by atoms with Gasteiger partial charge >= 0.3 is 0 Å². The van der Waals surface area contributed by atoms with E-state index < -0.39 is 53.5 Å². The minimum atomic E-state index is -2.11. The van der Waals surface area contributed by atoms with Crippen molar-refractivity contribution in [3.05, 3.63) is 107 Å². The molecule has 7 nitrogen and oxygen atoms in total. The number of nitrogens with two attached hydrogens (primary N) is 1. The lowest BCUT2D eigenvalue weighted by atomic mass is 9.81. The molecule has 0 radical (unpaired) electrons. The second-order valence-corrected chi connectivity index (χ2v) is 9.96. The maximum atomic E-state index is 14.0. The molecule has 1 aliphatic heterocycles. The van der Waals surface area contributed by atoms with Crippen molar-refractivity contribution in [1.82, 2.24) is 9.80 Å². The first kappa shape index (κ1) is 28.1. The molecular formula is C30H31F2N3O4. The van der Waals surface area contributed by atoms with Crippen LogP contribution >= 0.6 is 0 Å². The second kappa shape index (κ2) is 11.8. The molecule has 1 fully saturated rings. The van der Waals surface area contributed by atoms with Crippen LogP contribution in [0.2, 0.25) is 0 Å². The number of aliphatic hydroxyl groups excluding tert-OH is 1. The fraction of sp³-hybridized carbons (Fsp3) is 0.300. The molecule has 0 spiro atoms. The Hall–Kier alpha value is -3.95. The van der Waals surface area contributed by atoms with Gasteiger partial charge in [0.2, 0.25) is 11.8 Å². The Morgan fingerprint density at radius 1 is 0.949 bits per heavy atom. The predicted molar refractivity (Wildman–Crippen MR) is 141 cm³/mol. The lowest BCUT2D eigenvalue weighted by Crippen LogP contribution is -2.58. The van der Waals surface area contributed by atoms with Crippen LogP contribution in [0.4, 0.5) is 8.78 Å². The van der Waals surface area contributed by atoms with Crippen molar-refractivity contribution in [3.8, 4) is 0 Å². The lowest BCUT2D eigenvalue weighted by Gasteiger charge is -2.37. The number of likely N-dealkylation sites (tertiary alicyclic amines) is 1. The van der Waals surface area contributed by atoms with Gasteiger partial charge in [-0.05, 0) is 42.2 Å². The highest BCUT2D eigenvalue weighted by atomic mass is 19.1. The highest BCUT2D eigenvalue weighted by Gasteiger charge is 2.47. The van der Waals surface area contributed by atoms with E-state index in [0.29, 0.717) is 29.5 Å². The Morgan fingerprint density at radius 2 is 1.49 bits per heavy atom. The molecule has 1 aliphatic rings. The van der Waals surface area contributed by atoms with Gasteiger partial charge in [-0.15, -0.1) is 0 Å². The third-order valence-corrected chi connectivity index (χ3v) is 7.12. The Kier molecular flexibility index (Phi) is 8.52. The molecule has 39 heavy (non-hydrogen) atoms. The van der Waals surface area contributed by atoms with Crippen molar-refractivity contribution in [1.29, 1.82) is 0 Å². The van der Waals surface area contributed by atoms with Crippen LogP contribution in [0.5, 0.6) is 0 Å². The van der Waals surface area contributed by atoms with E-state index in [9.17, 15) is 28.3 Å². The number of imide groups is 1. The lowest BCUT2D eigenvalue weighted by molar-refractivity contribution is -0.160. The Morgan fingerprint density at radius 3 is 2.03 bits per heavy atom. The maximum absolute atomic E-state index is 14.0. The van der Waals surface area contributed by atoms with Crippen LogP contribution in [0.25, 0.3) is 0 Å². The molecule has 1 heterocycles. The van der Waals surface area contributed by atoms with Crippen LogP contribution in [0.1, 0.15) is 48.0 Å². The van der Waals surface area contributed by atoms with Crippen molar-refractivity contribution >= 4 is 17.7 Å². The number of likely N-dealkylation sites (N-methyl/N-ethyl adjacent to an activating group) is 1. The first-order valence-corrected chi connectivity index (χ1v) is 12.7. The average Bonchev–Trinajstić information content (AvgIpc) is 3.05. The molecule has 3 amide bonds. The van der Waals surface area contributed by atoms with Gasteiger partial charge in [0, 0.05) is 31.5 Å². The van der Waals surface area contributed by atoms with E-state index in [1.807, 2.05) is 48.5 Å². The zero-order valence-electron chi connectivity index (χ0n) is 21.7. The van der Waals surface area contributed by atoms with Gasteiger partial charge in [0.15, 0.2) is 6.10 Å². The molecule has 3 aromatic carbocycles. The normalized spacial score (nSPS) is 21.1. The number of hydrogen-bond donors (Lipinski definition) is 2. The van der Waals surface area contributed by atoms with Crippen LogP contribution in [-0.4, -0.2) is 58.3 Å². The minimum absolute atomic E-state index is 0.125. The zero-order chi connectivity index (χ0) is 28.3. The fourth-order valence-electron chi connectivity index (χ4n) is 5.21. The van der Waals surface area contributed by atoms with E-state index in [-0.39, 0.29) is 11.5 Å². The Labute approximate surface area is 225 Å². The molecule has 0 aliphatic carbocycles. The molecule has 0 saturated carbocycles. The SMILES string of the molecule is C[C@H](N)C(=O)N(C(=O)[C@@H](O)c1cc(F)cc(F)c1)[C@@H]1C(=O)N(C)C[C@@H](c2ccccc2)C[C@@H]1c1ccccc1. The van der Waals surface area contributed by atoms with Gasteiger partial charge in [0.1, 0.15) is 17.7 Å². The molecule has 0 aromatic heterocycles. The van der Waals surface area contributed by atoms with E-state index in [0.717, 1.165) is 17.7 Å². The minimum Gasteiger partial charge on any atom is -0.378 e. The molecule has 5 atom stereocenters. The number of aliphatic hydroxyl groups is 1. The zero-order valence-corrected chi connectivity index (χ0v) is 21.7. The summed E-state index contributed by atoms with van der Waals surface area (Å²) in [7, 11) is 1.59. The van der Waals surface area contributed by atoms with E-state index in [4.69, 9.17) is 5.73 Å². The number of carbonyl (C=O) groups is 3. The van der Waals surface area contributed by atoms with Gasteiger partial charge in [-0.2, -0.15) is 0 Å². The van der Waals surface area contributed by atoms with Crippen LogP contribution < -0.4 is 5.73 Å².